The van der Waals surface area contributed by atoms with E-state index in [0.29, 0.717) is 22.4 Å². The Balaban J connectivity index is 1.89. The summed E-state index contributed by atoms with van der Waals surface area (Å²) < 4.78 is 4.88. The second kappa shape index (κ2) is 4.41. The molecule has 3 aromatic rings. The summed E-state index contributed by atoms with van der Waals surface area (Å²) in [5.74, 6) is -0.788. The van der Waals surface area contributed by atoms with Gasteiger partial charge in [-0.3, -0.25) is 14.8 Å². The number of pyridine rings is 1. The van der Waals surface area contributed by atoms with Crippen LogP contribution in [-0.4, -0.2) is 15.9 Å². The van der Waals surface area contributed by atoms with E-state index in [-0.39, 0.29) is 5.91 Å². The highest BCUT2D eigenvalue weighted by Gasteiger charge is 2.07. The summed E-state index contributed by atoms with van der Waals surface area (Å²) in [6, 6.07) is 8.26. The largest absolute Gasteiger partial charge is 0.417 e. The molecule has 0 saturated carbocycles. The van der Waals surface area contributed by atoms with Gasteiger partial charge in [0.05, 0.1) is 11.1 Å². The molecule has 1 amide bonds. The first kappa shape index (κ1) is 11.2. The molecule has 0 bridgehead atoms. The predicted molar refractivity (Wildman–Crippen MR) is 69.0 cm³/mol. The number of hydrogen-bond acceptors (Lipinski definition) is 4. The fourth-order valence-corrected chi connectivity index (χ4v) is 1.73. The zero-order chi connectivity index (χ0) is 13.2. The topological polar surface area (TPSA) is 88.0 Å². The minimum Gasteiger partial charge on any atom is -0.408 e. The number of nitrogens with one attached hydrogen (secondary N) is 2. The molecule has 6 heteroatoms. The van der Waals surface area contributed by atoms with E-state index in [1.165, 1.54) is 6.20 Å². The highest BCUT2D eigenvalue weighted by molar-refractivity contribution is 6.04. The number of oxazole rings is 1. The van der Waals surface area contributed by atoms with Crippen LogP contribution in [0.5, 0.6) is 0 Å². The SMILES string of the molecule is O=C(Nc1ccc2oc(=O)[nH]c2c1)c1cccnc1. The van der Waals surface area contributed by atoms with Crippen LogP contribution in [0, 0.1) is 0 Å². The lowest BCUT2D eigenvalue weighted by Crippen LogP contribution is -2.11. The quantitative estimate of drug-likeness (QED) is 0.730. The minimum absolute atomic E-state index is 0.265. The molecule has 0 aliphatic heterocycles. The molecule has 6 nitrogen and oxygen atoms in total. The van der Waals surface area contributed by atoms with Gasteiger partial charge in [-0.05, 0) is 30.3 Å². The van der Waals surface area contributed by atoms with Crippen LogP contribution < -0.4 is 11.1 Å². The molecule has 1 aromatic carbocycles. The highest BCUT2D eigenvalue weighted by atomic mass is 16.4. The molecule has 0 aliphatic carbocycles. The Bertz CT molecular complexity index is 790. The van der Waals surface area contributed by atoms with Gasteiger partial charge >= 0.3 is 5.76 Å². The minimum atomic E-state index is -0.522. The van der Waals surface area contributed by atoms with Crippen molar-refractivity contribution in [2.24, 2.45) is 0 Å². The lowest BCUT2D eigenvalue weighted by atomic mass is 10.2. The summed E-state index contributed by atoms with van der Waals surface area (Å²) in [6.45, 7) is 0. The molecule has 0 fully saturated rings. The average molecular weight is 255 g/mol. The third kappa shape index (κ3) is 2.23. The number of hydrogen-bond donors (Lipinski definition) is 2. The number of amides is 1. The predicted octanol–water partition coefficient (Wildman–Crippen LogP) is 1.77. The van der Waals surface area contributed by atoms with Crippen LogP contribution in [0.25, 0.3) is 11.1 Å². The molecule has 0 aliphatic rings. The summed E-state index contributed by atoms with van der Waals surface area (Å²) >= 11 is 0. The lowest BCUT2D eigenvalue weighted by Gasteiger charge is -2.04. The summed E-state index contributed by atoms with van der Waals surface area (Å²) in [4.78, 5) is 29.3. The van der Waals surface area contributed by atoms with Crippen LogP contribution in [0.3, 0.4) is 0 Å². The fourth-order valence-electron chi connectivity index (χ4n) is 1.73. The third-order valence-electron chi connectivity index (χ3n) is 2.60. The van der Waals surface area contributed by atoms with E-state index in [4.69, 9.17) is 4.42 Å². The summed E-state index contributed by atoms with van der Waals surface area (Å²) in [5.41, 5.74) is 2.01. The zero-order valence-corrected chi connectivity index (χ0v) is 9.71. The lowest BCUT2D eigenvalue weighted by molar-refractivity contribution is 0.102. The molecule has 19 heavy (non-hydrogen) atoms. The Labute approximate surface area is 107 Å². The van der Waals surface area contributed by atoms with Gasteiger partial charge in [-0.2, -0.15) is 0 Å². The maximum absolute atomic E-state index is 11.9. The van der Waals surface area contributed by atoms with Crippen molar-refractivity contribution in [2.75, 3.05) is 5.32 Å². The number of benzene rings is 1. The van der Waals surface area contributed by atoms with Crippen LogP contribution in [-0.2, 0) is 0 Å². The van der Waals surface area contributed by atoms with Crippen molar-refractivity contribution in [3.8, 4) is 0 Å². The van der Waals surface area contributed by atoms with Crippen LogP contribution >= 0.6 is 0 Å². The van der Waals surface area contributed by atoms with E-state index < -0.39 is 5.76 Å². The van der Waals surface area contributed by atoms with Gasteiger partial charge in [0.1, 0.15) is 0 Å². The maximum Gasteiger partial charge on any atom is 0.417 e. The highest BCUT2D eigenvalue weighted by Crippen LogP contribution is 2.16. The van der Waals surface area contributed by atoms with Crippen molar-refractivity contribution in [3.05, 3.63) is 58.8 Å². The van der Waals surface area contributed by atoms with Crippen molar-refractivity contribution in [3.63, 3.8) is 0 Å². The Morgan fingerprint density at radius 3 is 3.00 bits per heavy atom. The molecule has 0 spiro atoms. The van der Waals surface area contributed by atoms with Gasteiger partial charge in [-0.15, -0.1) is 0 Å². The van der Waals surface area contributed by atoms with E-state index in [0.717, 1.165) is 0 Å². The molecule has 2 aromatic heterocycles. The summed E-state index contributed by atoms with van der Waals surface area (Å²) in [6.07, 6.45) is 3.08. The van der Waals surface area contributed by atoms with Crippen molar-refractivity contribution in [2.45, 2.75) is 0 Å². The van der Waals surface area contributed by atoms with Crippen LogP contribution in [0.2, 0.25) is 0 Å². The van der Waals surface area contributed by atoms with Crippen LogP contribution in [0.1, 0.15) is 10.4 Å². The molecule has 0 radical (unpaired) electrons. The molecule has 2 heterocycles. The van der Waals surface area contributed by atoms with E-state index in [2.05, 4.69) is 15.3 Å². The van der Waals surface area contributed by atoms with Gasteiger partial charge in [-0.25, -0.2) is 4.79 Å². The van der Waals surface area contributed by atoms with Gasteiger partial charge in [-0.1, -0.05) is 0 Å². The number of anilines is 1. The van der Waals surface area contributed by atoms with Gasteiger partial charge in [0, 0.05) is 18.1 Å². The smallest absolute Gasteiger partial charge is 0.408 e. The molecule has 0 saturated heterocycles. The number of H-pyrrole nitrogens is 1. The molecule has 0 atom stereocenters. The first-order valence-corrected chi connectivity index (χ1v) is 5.56. The monoisotopic (exact) mass is 255 g/mol. The normalized spacial score (nSPS) is 10.5. The summed E-state index contributed by atoms with van der Waals surface area (Å²) in [7, 11) is 0. The van der Waals surface area contributed by atoms with Crippen LogP contribution in [0.15, 0.2) is 51.9 Å². The van der Waals surface area contributed by atoms with Crippen molar-refractivity contribution >= 4 is 22.7 Å². The number of rotatable bonds is 2. The third-order valence-corrected chi connectivity index (χ3v) is 2.60. The average Bonchev–Trinajstić information content (AvgIpc) is 2.79. The van der Waals surface area contributed by atoms with E-state index in [1.807, 2.05) is 0 Å². The standard InChI is InChI=1S/C13H9N3O3/c17-12(8-2-1-5-14-7-8)15-9-3-4-11-10(6-9)16-13(18)19-11/h1-7H,(H,15,17)(H,16,18). The van der Waals surface area contributed by atoms with Gasteiger partial charge in [0.2, 0.25) is 0 Å². The van der Waals surface area contributed by atoms with Gasteiger partial charge < -0.3 is 9.73 Å². The van der Waals surface area contributed by atoms with Gasteiger partial charge in [0.15, 0.2) is 5.58 Å². The van der Waals surface area contributed by atoms with Gasteiger partial charge in [0.25, 0.3) is 5.91 Å². The number of nitrogens with zero attached hydrogens (tertiary/aromatic N) is 1. The molecule has 3 rings (SSSR count). The molecular weight excluding hydrogens is 246 g/mol. The number of carbonyl (C=O) groups is 1. The number of aromatic nitrogens is 2. The summed E-state index contributed by atoms with van der Waals surface area (Å²) in [5, 5.41) is 2.72. The number of fused-ring (bicyclic) bond motifs is 1. The second-order valence-electron chi connectivity index (χ2n) is 3.92. The first-order valence-electron chi connectivity index (χ1n) is 5.56. The Hall–Kier alpha value is -2.89. The Morgan fingerprint density at radius 1 is 1.32 bits per heavy atom. The first-order chi connectivity index (χ1) is 9.22. The van der Waals surface area contributed by atoms with Crippen molar-refractivity contribution in [1.82, 2.24) is 9.97 Å². The second-order valence-corrected chi connectivity index (χ2v) is 3.92. The zero-order valence-electron chi connectivity index (χ0n) is 9.71. The molecule has 94 valence electrons. The van der Waals surface area contributed by atoms with E-state index in [9.17, 15) is 9.59 Å². The molecule has 0 unspecified atom stereocenters. The Kier molecular flexibility index (Phi) is 2.60. The van der Waals surface area contributed by atoms with E-state index in [1.54, 1.807) is 36.5 Å². The fraction of sp³-hybridized carbons (Fsp3) is 0. The number of aromatic amines is 1. The molecule has 2 N–H and O–H groups in total. The maximum atomic E-state index is 11.9. The van der Waals surface area contributed by atoms with Crippen molar-refractivity contribution < 1.29 is 9.21 Å². The van der Waals surface area contributed by atoms with Crippen molar-refractivity contribution in [1.29, 1.82) is 0 Å². The number of carbonyl (C=O) groups excluding carboxylic acids is 1. The van der Waals surface area contributed by atoms with E-state index >= 15 is 0 Å². The van der Waals surface area contributed by atoms with Crippen LogP contribution in [0.4, 0.5) is 5.69 Å². The molecular formula is C13H9N3O3. The Morgan fingerprint density at radius 2 is 2.21 bits per heavy atom.